The summed E-state index contributed by atoms with van der Waals surface area (Å²) in [5.74, 6) is 0. The van der Waals surface area contributed by atoms with Gasteiger partial charge in [0.25, 0.3) is 0 Å². The van der Waals surface area contributed by atoms with Gasteiger partial charge in [-0.2, -0.15) is 0 Å². The summed E-state index contributed by atoms with van der Waals surface area (Å²) in [6, 6.07) is 9.33. The Bertz CT molecular complexity index is 430. The van der Waals surface area contributed by atoms with Gasteiger partial charge in [0.2, 0.25) is 0 Å². The number of ether oxygens (including phenoxy) is 2. The van der Waals surface area contributed by atoms with E-state index in [9.17, 15) is 9.90 Å². The van der Waals surface area contributed by atoms with E-state index >= 15 is 0 Å². The molecule has 1 aliphatic heterocycles. The van der Waals surface area contributed by atoms with Crippen molar-refractivity contribution in [2.45, 2.75) is 25.2 Å². The fourth-order valence-electron chi connectivity index (χ4n) is 2.24. The molecule has 1 fully saturated rings. The van der Waals surface area contributed by atoms with E-state index in [0.29, 0.717) is 6.54 Å². The molecule has 5 heteroatoms. The highest BCUT2D eigenvalue weighted by atomic mass is 16.6. The third kappa shape index (κ3) is 2.57. The summed E-state index contributed by atoms with van der Waals surface area (Å²) in [7, 11) is 1.54. The largest absolute Gasteiger partial charge is 0.445 e. The van der Waals surface area contributed by atoms with Crippen LogP contribution in [0.5, 0.6) is 0 Å². The Hall–Kier alpha value is -1.59. The third-order valence-electron chi connectivity index (χ3n) is 3.78. The van der Waals surface area contributed by atoms with E-state index < -0.39 is 5.60 Å². The summed E-state index contributed by atoms with van der Waals surface area (Å²) in [5.41, 5.74) is 0.301. The first-order chi connectivity index (χ1) is 9.13. The molecule has 19 heavy (non-hydrogen) atoms. The van der Waals surface area contributed by atoms with Gasteiger partial charge < -0.3 is 14.6 Å². The molecule has 1 aromatic rings. The van der Waals surface area contributed by atoms with Crippen molar-refractivity contribution in [3.8, 4) is 0 Å². The van der Waals surface area contributed by atoms with Crippen LogP contribution in [0.4, 0.5) is 4.79 Å². The maximum Gasteiger partial charge on any atom is 0.410 e. The molecule has 1 heterocycles. The number of aliphatic hydroxyl groups is 1. The first kappa shape index (κ1) is 13.8. The first-order valence-electron chi connectivity index (χ1n) is 6.26. The Morgan fingerprint density at radius 2 is 2.16 bits per heavy atom. The number of aliphatic hydroxyl groups excluding tert-OH is 1. The molecule has 0 radical (unpaired) electrons. The van der Waals surface area contributed by atoms with E-state index in [2.05, 4.69) is 0 Å². The lowest BCUT2D eigenvalue weighted by Gasteiger charge is -2.53. The Labute approximate surface area is 112 Å². The molecule has 1 aliphatic rings. The van der Waals surface area contributed by atoms with E-state index in [4.69, 9.17) is 9.47 Å². The zero-order valence-corrected chi connectivity index (χ0v) is 11.2. The molecule has 0 aliphatic carbocycles. The van der Waals surface area contributed by atoms with Gasteiger partial charge in [-0.05, 0) is 12.5 Å². The Morgan fingerprint density at radius 3 is 2.68 bits per heavy atom. The number of hydrogen-bond donors (Lipinski definition) is 1. The fourth-order valence-corrected chi connectivity index (χ4v) is 2.24. The Balaban J connectivity index is 1.86. The average molecular weight is 265 g/mol. The number of amides is 1. The standard InChI is InChI=1S/C14H19NO4/c1-11-14(10-16,18-2)9-15(11)13(17)19-8-12-6-4-3-5-7-12/h3-7,11,16H,8-10H2,1-2H3/t11-,14?/m0/s1. The lowest BCUT2D eigenvalue weighted by molar-refractivity contribution is -0.175. The molecule has 5 nitrogen and oxygen atoms in total. The smallest absolute Gasteiger partial charge is 0.410 e. The number of likely N-dealkylation sites (tertiary alicyclic amines) is 1. The van der Waals surface area contributed by atoms with E-state index in [1.165, 1.54) is 0 Å². The highest BCUT2D eigenvalue weighted by Crippen LogP contribution is 2.32. The summed E-state index contributed by atoms with van der Waals surface area (Å²) >= 11 is 0. The lowest BCUT2D eigenvalue weighted by Crippen LogP contribution is -2.72. The second-order valence-electron chi connectivity index (χ2n) is 4.77. The number of methoxy groups -OCH3 is 1. The van der Waals surface area contributed by atoms with Crippen LogP contribution in [0.1, 0.15) is 12.5 Å². The van der Waals surface area contributed by atoms with Crippen molar-refractivity contribution in [1.82, 2.24) is 4.90 Å². The maximum atomic E-state index is 11.9. The van der Waals surface area contributed by atoms with Crippen LogP contribution in [0.2, 0.25) is 0 Å². The van der Waals surface area contributed by atoms with Gasteiger partial charge in [0.05, 0.1) is 19.2 Å². The van der Waals surface area contributed by atoms with Crippen LogP contribution in [0, 0.1) is 0 Å². The Morgan fingerprint density at radius 1 is 1.47 bits per heavy atom. The lowest BCUT2D eigenvalue weighted by atomic mass is 9.85. The van der Waals surface area contributed by atoms with Crippen LogP contribution in [-0.4, -0.2) is 48.0 Å². The topological polar surface area (TPSA) is 59.0 Å². The predicted octanol–water partition coefficient (Wildman–Crippen LogP) is 1.40. The molecule has 2 rings (SSSR count). The number of rotatable bonds is 4. The fraction of sp³-hybridized carbons (Fsp3) is 0.500. The van der Waals surface area contributed by atoms with Crippen LogP contribution in [-0.2, 0) is 16.1 Å². The van der Waals surface area contributed by atoms with Crippen molar-refractivity contribution in [3.63, 3.8) is 0 Å². The highest BCUT2D eigenvalue weighted by Gasteiger charge is 2.53. The van der Waals surface area contributed by atoms with Crippen molar-refractivity contribution in [2.75, 3.05) is 20.3 Å². The van der Waals surface area contributed by atoms with Crippen LogP contribution in [0.3, 0.4) is 0 Å². The summed E-state index contributed by atoms with van der Waals surface area (Å²) in [5, 5.41) is 9.31. The molecule has 1 unspecified atom stereocenters. The molecular weight excluding hydrogens is 246 g/mol. The number of carbonyl (C=O) groups is 1. The number of hydrogen-bond acceptors (Lipinski definition) is 4. The van der Waals surface area contributed by atoms with Crippen LogP contribution >= 0.6 is 0 Å². The molecule has 104 valence electrons. The number of carbonyl (C=O) groups excluding carboxylic acids is 1. The van der Waals surface area contributed by atoms with Crippen molar-refractivity contribution < 1.29 is 19.4 Å². The van der Waals surface area contributed by atoms with Gasteiger partial charge in [0.15, 0.2) is 0 Å². The molecule has 1 aromatic carbocycles. The molecule has 0 aromatic heterocycles. The summed E-state index contributed by atoms with van der Waals surface area (Å²) in [6.07, 6.45) is -0.377. The summed E-state index contributed by atoms with van der Waals surface area (Å²) in [4.78, 5) is 13.5. The van der Waals surface area contributed by atoms with Crippen LogP contribution in [0.15, 0.2) is 30.3 Å². The molecule has 1 N–H and O–H groups in total. The molecular formula is C14H19NO4. The van der Waals surface area contributed by atoms with Crippen molar-refractivity contribution in [2.24, 2.45) is 0 Å². The van der Waals surface area contributed by atoms with Gasteiger partial charge in [0, 0.05) is 7.11 Å². The minimum absolute atomic E-state index is 0.104. The average Bonchev–Trinajstić information content (AvgIpc) is 2.46. The van der Waals surface area contributed by atoms with Gasteiger partial charge in [-0.25, -0.2) is 4.79 Å². The van der Waals surface area contributed by atoms with E-state index in [0.717, 1.165) is 5.56 Å². The highest BCUT2D eigenvalue weighted by molar-refractivity contribution is 5.70. The predicted molar refractivity (Wildman–Crippen MR) is 69.6 cm³/mol. The van der Waals surface area contributed by atoms with Gasteiger partial charge in [-0.1, -0.05) is 30.3 Å². The van der Waals surface area contributed by atoms with Gasteiger partial charge in [-0.3, -0.25) is 4.90 Å². The van der Waals surface area contributed by atoms with Gasteiger partial charge in [0.1, 0.15) is 12.2 Å². The SMILES string of the molecule is COC1(CO)CN(C(=O)OCc2ccccc2)[C@H]1C. The second-order valence-corrected chi connectivity index (χ2v) is 4.77. The van der Waals surface area contributed by atoms with E-state index in [-0.39, 0.29) is 25.3 Å². The molecule has 2 atom stereocenters. The van der Waals surface area contributed by atoms with Gasteiger partial charge >= 0.3 is 6.09 Å². The normalized spacial score (nSPS) is 25.8. The molecule has 0 saturated carbocycles. The number of benzene rings is 1. The zero-order chi connectivity index (χ0) is 13.9. The third-order valence-corrected chi connectivity index (χ3v) is 3.78. The molecule has 0 bridgehead atoms. The van der Waals surface area contributed by atoms with Crippen LogP contribution in [0.25, 0.3) is 0 Å². The molecule has 1 amide bonds. The van der Waals surface area contributed by atoms with Crippen molar-refractivity contribution in [3.05, 3.63) is 35.9 Å². The van der Waals surface area contributed by atoms with Crippen molar-refractivity contribution >= 4 is 6.09 Å². The maximum absolute atomic E-state index is 11.9. The molecule has 1 saturated heterocycles. The number of nitrogens with zero attached hydrogens (tertiary/aromatic N) is 1. The van der Waals surface area contributed by atoms with Gasteiger partial charge in [-0.15, -0.1) is 0 Å². The van der Waals surface area contributed by atoms with Crippen LogP contribution < -0.4 is 0 Å². The quantitative estimate of drug-likeness (QED) is 0.894. The summed E-state index contributed by atoms with van der Waals surface area (Å²) in [6.45, 7) is 2.34. The van der Waals surface area contributed by atoms with E-state index in [1.54, 1.807) is 12.0 Å². The first-order valence-corrected chi connectivity index (χ1v) is 6.26. The monoisotopic (exact) mass is 265 g/mol. The second kappa shape index (κ2) is 5.59. The van der Waals surface area contributed by atoms with E-state index in [1.807, 2.05) is 37.3 Å². The molecule has 0 spiro atoms. The Kier molecular flexibility index (Phi) is 4.07. The van der Waals surface area contributed by atoms with Crippen molar-refractivity contribution in [1.29, 1.82) is 0 Å². The summed E-state index contributed by atoms with van der Waals surface area (Å²) < 4.78 is 10.5. The minimum atomic E-state index is -0.647. The zero-order valence-electron chi connectivity index (χ0n) is 11.2. The minimum Gasteiger partial charge on any atom is -0.445 e.